The number of rotatable bonds is 13. The molecule has 206 valence electrons. The molecule has 0 spiro atoms. The van der Waals surface area contributed by atoms with Crippen LogP contribution in [0.15, 0.2) is 48.5 Å². The predicted octanol–water partition coefficient (Wildman–Crippen LogP) is 3.99. The van der Waals surface area contributed by atoms with Gasteiger partial charge in [-0.1, -0.05) is 61.9 Å². The molecule has 0 fully saturated rings. The van der Waals surface area contributed by atoms with Crippen molar-refractivity contribution in [1.29, 1.82) is 0 Å². The van der Waals surface area contributed by atoms with E-state index in [4.69, 9.17) is 14.5 Å². The number of nitrogens with one attached hydrogen (secondary N) is 1. The second-order valence-electron chi connectivity index (χ2n) is 9.92. The van der Waals surface area contributed by atoms with Crippen LogP contribution in [0.4, 0.5) is 5.82 Å². The lowest BCUT2D eigenvalue weighted by Crippen LogP contribution is -2.45. The first-order chi connectivity index (χ1) is 19.2. The molecule has 10 nitrogen and oxygen atoms in total. The van der Waals surface area contributed by atoms with Crippen molar-refractivity contribution in [2.75, 3.05) is 52.1 Å². The lowest BCUT2D eigenvalue weighted by molar-refractivity contribution is 0.135. The molecule has 10 heteroatoms. The van der Waals surface area contributed by atoms with Crippen LogP contribution in [-0.2, 0) is 29.0 Å². The smallest absolute Gasteiger partial charge is 0.180 e. The van der Waals surface area contributed by atoms with Crippen LogP contribution in [-0.4, -0.2) is 82.3 Å². The molecule has 39 heavy (non-hydrogen) atoms. The van der Waals surface area contributed by atoms with E-state index >= 15 is 0 Å². The highest BCUT2D eigenvalue weighted by molar-refractivity contribution is 5.80. The summed E-state index contributed by atoms with van der Waals surface area (Å²) in [7, 11) is 3.51. The van der Waals surface area contributed by atoms with E-state index < -0.39 is 0 Å². The second-order valence-corrected chi connectivity index (χ2v) is 9.92. The Labute approximate surface area is 230 Å². The van der Waals surface area contributed by atoms with Crippen LogP contribution in [0.5, 0.6) is 0 Å². The molecule has 1 N–H and O–H groups in total. The van der Waals surface area contributed by atoms with Gasteiger partial charge in [-0.15, -0.1) is 5.10 Å². The molecule has 0 saturated carbocycles. The highest BCUT2D eigenvalue weighted by atomic mass is 16.5. The zero-order valence-corrected chi connectivity index (χ0v) is 23.1. The Kier molecular flexibility index (Phi) is 8.97. The maximum absolute atomic E-state index is 5.42. The van der Waals surface area contributed by atoms with Crippen LogP contribution in [0.3, 0.4) is 0 Å². The number of anilines is 1. The third-order valence-electron chi connectivity index (χ3n) is 7.24. The highest BCUT2D eigenvalue weighted by Gasteiger charge is 2.29. The van der Waals surface area contributed by atoms with Gasteiger partial charge in [0, 0.05) is 52.4 Å². The third-order valence-corrected chi connectivity index (χ3v) is 7.24. The Bertz CT molecular complexity index is 1320. The van der Waals surface area contributed by atoms with Gasteiger partial charge in [-0.25, -0.2) is 10.1 Å². The molecule has 4 aromatic rings. The van der Waals surface area contributed by atoms with E-state index in [1.165, 1.54) is 11.3 Å². The molecule has 2 aromatic heterocycles. The molecule has 0 radical (unpaired) electrons. The fourth-order valence-electron chi connectivity index (χ4n) is 5.15. The number of benzene rings is 2. The molecule has 0 unspecified atom stereocenters. The monoisotopic (exact) mass is 530 g/mol. The fraction of sp³-hybridized carbons (Fsp3) is 0.448. The number of ether oxygens (including phenoxy) is 2. The quantitative estimate of drug-likeness (QED) is 0.277. The zero-order chi connectivity index (χ0) is 27.0. The first kappa shape index (κ1) is 27.0. The summed E-state index contributed by atoms with van der Waals surface area (Å²) in [5, 5.41) is 14.5. The minimum atomic E-state index is 0.663. The molecule has 1 aliphatic heterocycles. The van der Waals surface area contributed by atoms with Gasteiger partial charge in [0.1, 0.15) is 5.82 Å². The summed E-state index contributed by atoms with van der Waals surface area (Å²) < 4.78 is 13.3. The average Bonchev–Trinajstić information content (AvgIpc) is 3.63. The molecule has 0 bridgehead atoms. The van der Waals surface area contributed by atoms with Crippen LogP contribution in [0.25, 0.3) is 22.5 Å². The number of hydrogen-bond acceptors (Lipinski definition) is 8. The normalized spacial score (nSPS) is 13.7. The minimum absolute atomic E-state index is 0.663. The van der Waals surface area contributed by atoms with Crippen molar-refractivity contribution in [3.05, 3.63) is 65.6 Å². The van der Waals surface area contributed by atoms with Gasteiger partial charge in [-0.3, -0.25) is 4.90 Å². The largest absolute Gasteiger partial charge is 0.383 e. The van der Waals surface area contributed by atoms with Crippen molar-refractivity contribution in [1.82, 2.24) is 35.1 Å². The molecule has 1 aliphatic rings. The number of aromatic nitrogens is 6. The number of H-pyrrole nitrogens is 1. The Morgan fingerprint density at radius 1 is 0.949 bits per heavy atom. The molecule has 2 aromatic carbocycles. The van der Waals surface area contributed by atoms with Crippen LogP contribution < -0.4 is 4.90 Å². The van der Waals surface area contributed by atoms with Gasteiger partial charge in [0.05, 0.1) is 25.6 Å². The molecular weight excluding hydrogens is 492 g/mol. The van der Waals surface area contributed by atoms with Crippen LogP contribution in [0, 0.1) is 0 Å². The first-order valence-corrected chi connectivity index (χ1v) is 13.7. The van der Waals surface area contributed by atoms with Crippen LogP contribution in [0.1, 0.15) is 36.8 Å². The SMILES string of the molecule is CCCCc1nc2c(n1Cc1ccc(-c3ccccc3-c3nnn[nH]3)cc1)CN(CCOC)CN2CCOC. The maximum Gasteiger partial charge on any atom is 0.180 e. The second kappa shape index (κ2) is 13.0. The molecule has 0 atom stereocenters. The summed E-state index contributed by atoms with van der Waals surface area (Å²) in [6.07, 6.45) is 3.23. The van der Waals surface area contributed by atoms with Crippen molar-refractivity contribution in [2.24, 2.45) is 0 Å². The molecular formula is C29H38N8O2. The first-order valence-electron chi connectivity index (χ1n) is 13.7. The van der Waals surface area contributed by atoms with Gasteiger partial charge in [-0.2, -0.15) is 0 Å². The molecule has 5 rings (SSSR count). The number of imidazole rings is 1. The maximum atomic E-state index is 5.42. The van der Waals surface area contributed by atoms with Crippen molar-refractivity contribution < 1.29 is 9.47 Å². The lowest BCUT2D eigenvalue weighted by Gasteiger charge is -2.36. The van der Waals surface area contributed by atoms with Gasteiger partial charge >= 0.3 is 0 Å². The number of methoxy groups -OCH3 is 2. The Balaban J connectivity index is 1.44. The summed E-state index contributed by atoms with van der Waals surface area (Å²) in [5.41, 5.74) is 5.71. The topological polar surface area (TPSA) is 97.2 Å². The number of aryl methyl sites for hydroxylation is 1. The fourth-order valence-corrected chi connectivity index (χ4v) is 5.15. The molecule has 0 aliphatic carbocycles. The Morgan fingerprint density at radius 2 is 1.72 bits per heavy atom. The van der Waals surface area contributed by atoms with Crippen molar-refractivity contribution in [3.63, 3.8) is 0 Å². The lowest BCUT2D eigenvalue weighted by atomic mass is 9.98. The molecule has 0 amide bonds. The summed E-state index contributed by atoms with van der Waals surface area (Å²) in [4.78, 5) is 9.97. The summed E-state index contributed by atoms with van der Waals surface area (Å²) in [6.45, 7) is 7.77. The minimum Gasteiger partial charge on any atom is -0.383 e. The van der Waals surface area contributed by atoms with Gasteiger partial charge < -0.3 is 18.9 Å². The predicted molar refractivity (Wildman–Crippen MR) is 151 cm³/mol. The van der Waals surface area contributed by atoms with E-state index in [-0.39, 0.29) is 0 Å². The number of aromatic amines is 1. The summed E-state index contributed by atoms with van der Waals surface area (Å²) >= 11 is 0. The number of nitrogens with zero attached hydrogens (tertiary/aromatic N) is 7. The number of hydrogen-bond donors (Lipinski definition) is 1. The molecule has 0 saturated heterocycles. The van der Waals surface area contributed by atoms with Crippen molar-refractivity contribution in [3.8, 4) is 22.5 Å². The van der Waals surface area contributed by atoms with Gasteiger partial charge in [0.15, 0.2) is 11.6 Å². The van der Waals surface area contributed by atoms with Crippen molar-refractivity contribution >= 4 is 5.82 Å². The van der Waals surface area contributed by atoms with Crippen LogP contribution in [0.2, 0.25) is 0 Å². The average molecular weight is 531 g/mol. The van der Waals surface area contributed by atoms with E-state index in [0.717, 1.165) is 80.4 Å². The van der Waals surface area contributed by atoms with Gasteiger partial charge in [0.25, 0.3) is 0 Å². The van der Waals surface area contributed by atoms with E-state index in [9.17, 15) is 0 Å². The Hall–Kier alpha value is -3.60. The third kappa shape index (κ3) is 6.19. The number of fused-ring (bicyclic) bond motifs is 1. The van der Waals surface area contributed by atoms with E-state index in [0.29, 0.717) is 19.0 Å². The standard InChI is InChI=1S/C29H38N8O2/c1-4-5-10-27-30-29-26(20-35(15-17-38-2)21-36(29)16-18-39-3)37(27)19-22-11-13-23(14-12-22)24-8-6-7-9-25(24)28-31-33-34-32-28/h6-9,11-14H,4-5,10,15-21H2,1-3H3,(H,31,32,33,34). The number of tetrazole rings is 1. The summed E-state index contributed by atoms with van der Waals surface area (Å²) in [6, 6.07) is 17.0. The molecule has 3 heterocycles. The van der Waals surface area contributed by atoms with Gasteiger partial charge in [-0.05, 0) is 33.5 Å². The van der Waals surface area contributed by atoms with Crippen LogP contribution >= 0.6 is 0 Å². The highest BCUT2D eigenvalue weighted by Crippen LogP contribution is 2.32. The Morgan fingerprint density at radius 3 is 2.44 bits per heavy atom. The van der Waals surface area contributed by atoms with Gasteiger partial charge in [0.2, 0.25) is 0 Å². The van der Waals surface area contributed by atoms with E-state index in [1.807, 2.05) is 18.2 Å². The van der Waals surface area contributed by atoms with E-state index in [2.05, 4.69) is 72.2 Å². The summed E-state index contributed by atoms with van der Waals surface area (Å²) in [5.74, 6) is 2.92. The zero-order valence-electron chi connectivity index (χ0n) is 23.1. The van der Waals surface area contributed by atoms with Crippen molar-refractivity contribution in [2.45, 2.75) is 39.3 Å². The van der Waals surface area contributed by atoms with E-state index in [1.54, 1.807) is 14.2 Å². The number of unbranched alkanes of at least 4 members (excludes halogenated alkanes) is 1.